The van der Waals surface area contributed by atoms with Crippen LogP contribution in [0.3, 0.4) is 0 Å². The molecule has 1 aliphatic rings. The van der Waals surface area contributed by atoms with Crippen LogP contribution in [0.1, 0.15) is 24.8 Å². The molecule has 2 aromatic carbocycles. The first-order chi connectivity index (χ1) is 10.3. The largest absolute Gasteiger partial charge is 0.372 e. The van der Waals surface area contributed by atoms with E-state index in [0.29, 0.717) is 5.69 Å². The summed E-state index contributed by atoms with van der Waals surface area (Å²) in [4.78, 5) is 6.62. The van der Waals surface area contributed by atoms with E-state index in [1.165, 1.54) is 31.0 Å². The number of piperidine rings is 1. The number of para-hydroxylation sites is 1. The zero-order chi connectivity index (χ0) is 14.5. The van der Waals surface area contributed by atoms with Crippen molar-refractivity contribution in [2.75, 3.05) is 18.0 Å². The number of benzene rings is 2. The Kier molecular flexibility index (Phi) is 4.29. The highest BCUT2D eigenvalue weighted by atomic mass is 19.1. The van der Waals surface area contributed by atoms with Gasteiger partial charge in [-0.1, -0.05) is 24.3 Å². The van der Waals surface area contributed by atoms with E-state index in [-0.39, 0.29) is 5.82 Å². The molecule has 1 saturated heterocycles. The van der Waals surface area contributed by atoms with Gasteiger partial charge < -0.3 is 4.90 Å². The molecule has 0 radical (unpaired) electrons. The lowest BCUT2D eigenvalue weighted by molar-refractivity contribution is 0.578. The minimum atomic E-state index is -0.293. The van der Waals surface area contributed by atoms with Crippen LogP contribution in [0.5, 0.6) is 0 Å². The van der Waals surface area contributed by atoms with Crippen LogP contribution in [-0.2, 0) is 0 Å². The molecule has 3 heteroatoms. The van der Waals surface area contributed by atoms with Gasteiger partial charge in [0.2, 0.25) is 0 Å². The van der Waals surface area contributed by atoms with E-state index in [0.717, 1.165) is 18.7 Å². The lowest BCUT2D eigenvalue weighted by Crippen LogP contribution is -2.29. The van der Waals surface area contributed by atoms with Gasteiger partial charge in [0.25, 0.3) is 0 Å². The number of nitrogens with zero attached hydrogens (tertiary/aromatic N) is 2. The van der Waals surface area contributed by atoms with Gasteiger partial charge in [0.05, 0.1) is 5.69 Å². The Hall–Kier alpha value is -2.16. The fourth-order valence-corrected chi connectivity index (χ4v) is 2.62. The van der Waals surface area contributed by atoms with E-state index >= 15 is 0 Å². The molecule has 1 heterocycles. The number of rotatable bonds is 3. The molecule has 21 heavy (non-hydrogen) atoms. The number of anilines is 1. The maximum atomic E-state index is 13.5. The molecule has 0 saturated carbocycles. The van der Waals surface area contributed by atoms with Crippen molar-refractivity contribution in [3.8, 4) is 0 Å². The molecule has 0 amide bonds. The molecule has 0 aliphatic carbocycles. The highest BCUT2D eigenvalue weighted by Crippen LogP contribution is 2.20. The van der Waals surface area contributed by atoms with Gasteiger partial charge in [0, 0.05) is 25.0 Å². The van der Waals surface area contributed by atoms with Crippen molar-refractivity contribution in [2.45, 2.75) is 19.3 Å². The van der Waals surface area contributed by atoms with E-state index in [2.05, 4.69) is 22.0 Å². The predicted octanol–water partition coefficient (Wildman–Crippen LogP) is 4.57. The van der Waals surface area contributed by atoms with Crippen LogP contribution in [0, 0.1) is 5.82 Å². The molecule has 0 bridgehead atoms. The molecule has 2 nitrogen and oxygen atoms in total. The van der Waals surface area contributed by atoms with Crippen LogP contribution in [0.4, 0.5) is 15.8 Å². The second-order valence-electron chi connectivity index (χ2n) is 5.35. The molecule has 3 rings (SSSR count). The minimum absolute atomic E-state index is 0.293. The number of halogens is 1. The second-order valence-corrected chi connectivity index (χ2v) is 5.35. The third-order valence-corrected chi connectivity index (χ3v) is 3.82. The summed E-state index contributed by atoms with van der Waals surface area (Å²) in [6.07, 6.45) is 5.59. The molecule has 0 unspecified atom stereocenters. The average Bonchev–Trinajstić information content (AvgIpc) is 2.55. The summed E-state index contributed by atoms with van der Waals surface area (Å²) in [5.74, 6) is -0.293. The summed E-state index contributed by atoms with van der Waals surface area (Å²) < 4.78 is 13.5. The molecule has 0 aromatic heterocycles. The molecule has 0 spiro atoms. The molecular formula is C18H19FN2. The van der Waals surface area contributed by atoms with Gasteiger partial charge in [0.1, 0.15) is 5.82 Å². The smallest absolute Gasteiger partial charge is 0.148 e. The van der Waals surface area contributed by atoms with Crippen LogP contribution < -0.4 is 4.90 Å². The quantitative estimate of drug-likeness (QED) is 0.753. The third kappa shape index (κ3) is 3.48. The number of aliphatic imine (C=N–C) groups is 1. The van der Waals surface area contributed by atoms with Gasteiger partial charge in [-0.25, -0.2) is 4.39 Å². The van der Waals surface area contributed by atoms with Crippen molar-refractivity contribution in [2.24, 2.45) is 4.99 Å². The van der Waals surface area contributed by atoms with Crippen LogP contribution in [0.15, 0.2) is 53.5 Å². The number of hydrogen-bond acceptors (Lipinski definition) is 2. The normalized spacial score (nSPS) is 15.6. The Morgan fingerprint density at radius 1 is 0.905 bits per heavy atom. The van der Waals surface area contributed by atoms with Gasteiger partial charge in [-0.15, -0.1) is 0 Å². The molecule has 2 aromatic rings. The van der Waals surface area contributed by atoms with Crippen molar-refractivity contribution in [1.29, 1.82) is 0 Å². The summed E-state index contributed by atoms with van der Waals surface area (Å²) in [7, 11) is 0. The van der Waals surface area contributed by atoms with Gasteiger partial charge >= 0.3 is 0 Å². The maximum Gasteiger partial charge on any atom is 0.148 e. The summed E-state index contributed by atoms with van der Waals surface area (Å²) in [5, 5.41) is 0. The zero-order valence-corrected chi connectivity index (χ0v) is 12.0. The highest BCUT2D eigenvalue weighted by Gasteiger charge is 2.10. The van der Waals surface area contributed by atoms with E-state index in [4.69, 9.17) is 0 Å². The summed E-state index contributed by atoms with van der Waals surface area (Å²) in [6, 6.07) is 14.9. The Balaban J connectivity index is 1.71. The first-order valence-electron chi connectivity index (χ1n) is 7.46. The monoisotopic (exact) mass is 282 g/mol. The second kappa shape index (κ2) is 6.53. The van der Waals surface area contributed by atoms with Crippen molar-refractivity contribution < 1.29 is 4.39 Å². The highest BCUT2D eigenvalue weighted by molar-refractivity contribution is 5.82. The van der Waals surface area contributed by atoms with Gasteiger partial charge in [-0.2, -0.15) is 0 Å². The Morgan fingerprint density at radius 2 is 1.62 bits per heavy atom. The van der Waals surface area contributed by atoms with E-state index in [1.807, 2.05) is 12.1 Å². The number of hydrogen-bond donors (Lipinski definition) is 0. The van der Waals surface area contributed by atoms with Crippen LogP contribution in [0.25, 0.3) is 0 Å². The molecule has 1 fully saturated rings. The molecule has 0 N–H and O–H groups in total. The van der Waals surface area contributed by atoms with E-state index in [9.17, 15) is 4.39 Å². The first kappa shape index (κ1) is 13.8. The average molecular weight is 282 g/mol. The molecule has 0 atom stereocenters. The first-order valence-corrected chi connectivity index (χ1v) is 7.46. The fraction of sp³-hybridized carbons (Fsp3) is 0.278. The topological polar surface area (TPSA) is 15.6 Å². The minimum Gasteiger partial charge on any atom is -0.372 e. The van der Waals surface area contributed by atoms with Crippen LogP contribution in [0.2, 0.25) is 0 Å². The summed E-state index contributed by atoms with van der Waals surface area (Å²) in [5.41, 5.74) is 2.62. The molecular weight excluding hydrogens is 263 g/mol. The van der Waals surface area contributed by atoms with Crippen LogP contribution >= 0.6 is 0 Å². The van der Waals surface area contributed by atoms with Crippen molar-refractivity contribution in [1.82, 2.24) is 0 Å². The van der Waals surface area contributed by atoms with Gasteiger partial charge in [-0.05, 0) is 49.1 Å². The lowest BCUT2D eigenvalue weighted by Gasteiger charge is -2.28. The summed E-state index contributed by atoms with van der Waals surface area (Å²) in [6.45, 7) is 2.28. The summed E-state index contributed by atoms with van der Waals surface area (Å²) >= 11 is 0. The van der Waals surface area contributed by atoms with Crippen LogP contribution in [-0.4, -0.2) is 19.3 Å². The van der Waals surface area contributed by atoms with Gasteiger partial charge in [0.15, 0.2) is 0 Å². The maximum absolute atomic E-state index is 13.5. The molecule has 108 valence electrons. The zero-order valence-electron chi connectivity index (χ0n) is 12.0. The predicted molar refractivity (Wildman–Crippen MR) is 86.2 cm³/mol. The fourth-order valence-electron chi connectivity index (χ4n) is 2.62. The lowest BCUT2D eigenvalue weighted by atomic mass is 10.1. The van der Waals surface area contributed by atoms with Crippen molar-refractivity contribution in [3.63, 3.8) is 0 Å². The Labute approximate surface area is 124 Å². The SMILES string of the molecule is Fc1ccccc1N=Cc1ccc(N2CCCCC2)cc1. The third-order valence-electron chi connectivity index (χ3n) is 3.82. The van der Waals surface area contributed by atoms with Crippen molar-refractivity contribution >= 4 is 17.6 Å². The van der Waals surface area contributed by atoms with E-state index < -0.39 is 0 Å². The molecule has 1 aliphatic heterocycles. The van der Waals surface area contributed by atoms with E-state index in [1.54, 1.807) is 24.4 Å². The Morgan fingerprint density at radius 3 is 2.33 bits per heavy atom. The van der Waals surface area contributed by atoms with Gasteiger partial charge in [-0.3, -0.25) is 4.99 Å². The standard InChI is InChI=1S/C18H19FN2/c19-17-6-2-3-7-18(17)20-14-15-8-10-16(11-9-15)21-12-4-1-5-13-21/h2-3,6-11,14H,1,4-5,12-13H2. The Bertz CT molecular complexity index is 613. The van der Waals surface area contributed by atoms with Crippen molar-refractivity contribution in [3.05, 3.63) is 59.9 Å².